The second kappa shape index (κ2) is 27.3. The highest BCUT2D eigenvalue weighted by atomic mass is 16.3. The van der Waals surface area contributed by atoms with Gasteiger partial charge in [0.25, 0.3) is 0 Å². The highest BCUT2D eigenvalue weighted by Gasteiger charge is 2.44. The Morgan fingerprint density at radius 3 is 1.69 bits per heavy atom. The van der Waals surface area contributed by atoms with E-state index in [1.807, 2.05) is 0 Å². The van der Waals surface area contributed by atoms with Crippen molar-refractivity contribution in [3.8, 4) is 0 Å². The van der Waals surface area contributed by atoms with Gasteiger partial charge in [-0.1, -0.05) is 13.8 Å². The van der Waals surface area contributed by atoms with Gasteiger partial charge in [0.15, 0.2) is 23.3 Å². The topological polar surface area (TPSA) is 342 Å². The number of carbonyl (C=O) groups excluding carboxylic acids is 11. The Labute approximate surface area is 421 Å². The van der Waals surface area contributed by atoms with Crippen LogP contribution in [-0.4, -0.2) is 188 Å². The standard InChI is InChI=1S/C49H78N10O13/c1-27(12-7-19-52-49(50)51)45(69)58-22-10-15-37(58)44(68)54-30(4)46(70)56-20-8-13-35(56)39(63)17-18-42(66)55-34(26-60)40(64)25-33(32(6)62)43(67)53-29(3)47(71)59-23-11-16-38(59)48(72)57-21-9-14-36(57)41(65)24-28(2)31(5)61/h27-30,32-38,60,62H,7-26H2,1-6H3,(H,53,67)(H,54,68)(H,55,66)(H4,50,51,52)/t27-,28+,29-,30-,32?,33-,34-,35-,36-,37-,38-/m0/s1. The molecule has 11 atom stereocenters. The first kappa shape index (κ1) is 58.7. The average Bonchev–Trinajstić information content (AvgIpc) is 4.19. The van der Waals surface area contributed by atoms with E-state index in [-0.39, 0.29) is 61.2 Å². The Hall–Kier alpha value is -5.84. The van der Waals surface area contributed by atoms with Crippen molar-refractivity contribution in [2.45, 2.75) is 180 Å². The molecule has 0 aromatic rings. The first-order valence-corrected chi connectivity index (χ1v) is 25.5. The first-order chi connectivity index (χ1) is 34.0. The lowest BCUT2D eigenvalue weighted by atomic mass is 9.93. The van der Waals surface area contributed by atoms with Crippen molar-refractivity contribution in [2.24, 2.45) is 34.2 Å². The number of ketones is 4. The van der Waals surface area contributed by atoms with Crippen LogP contribution in [0.15, 0.2) is 4.99 Å². The van der Waals surface area contributed by atoms with Gasteiger partial charge in [-0.15, -0.1) is 0 Å². The van der Waals surface area contributed by atoms with E-state index in [4.69, 9.17) is 11.5 Å². The molecular formula is C49H78N10O13. The molecule has 402 valence electrons. The number of nitrogens with zero attached hydrogens (tertiary/aromatic N) is 5. The summed E-state index contributed by atoms with van der Waals surface area (Å²) in [4.78, 5) is 156. The summed E-state index contributed by atoms with van der Waals surface area (Å²) >= 11 is 0. The molecular weight excluding hydrogens is 937 g/mol. The van der Waals surface area contributed by atoms with Crippen LogP contribution in [0.1, 0.15) is 131 Å². The fraction of sp³-hybridized carbons (Fsp3) is 0.755. The van der Waals surface area contributed by atoms with Gasteiger partial charge in [0, 0.05) is 70.2 Å². The van der Waals surface area contributed by atoms with Gasteiger partial charge in [-0.05, 0) is 91.9 Å². The van der Waals surface area contributed by atoms with Crippen LogP contribution in [0, 0.1) is 17.8 Å². The summed E-state index contributed by atoms with van der Waals surface area (Å²) in [6.07, 6.45) is 2.08. The number of aliphatic imine (C=N–C) groups is 1. The summed E-state index contributed by atoms with van der Waals surface area (Å²) in [5.41, 5.74) is 10.7. The van der Waals surface area contributed by atoms with Gasteiger partial charge < -0.3 is 57.2 Å². The van der Waals surface area contributed by atoms with Gasteiger partial charge in [0.05, 0.1) is 30.7 Å². The van der Waals surface area contributed by atoms with Crippen molar-refractivity contribution >= 4 is 70.4 Å². The van der Waals surface area contributed by atoms with E-state index in [1.54, 1.807) is 13.8 Å². The maximum absolute atomic E-state index is 13.8. The SMILES string of the molecule is CC(=O)[C@H](C)CC(=O)[C@@H]1CCCN1C(=O)[C@@H]1CCCN1C(=O)[C@H](C)NC(=O)[C@@H](CC(=O)[C@H](CO)NC(=O)CCC(=O)[C@@H]1CCCN1C(=O)[C@H](C)NC(=O)[C@@H]1CCCN1C(=O)[C@@H](C)CCCN=C(N)N)C(C)O. The normalized spacial score (nSPS) is 22.7. The van der Waals surface area contributed by atoms with Gasteiger partial charge in [-0.25, -0.2) is 0 Å². The van der Waals surface area contributed by atoms with Crippen molar-refractivity contribution in [1.29, 1.82) is 0 Å². The average molecular weight is 1020 g/mol. The predicted molar refractivity (Wildman–Crippen MR) is 261 cm³/mol. The molecule has 0 aromatic carbocycles. The number of Topliss-reactive ketones (excluding diaryl/α,β-unsaturated/α-hetero) is 4. The Morgan fingerprint density at radius 2 is 1.14 bits per heavy atom. The molecule has 4 aliphatic rings. The second-order valence-corrected chi connectivity index (χ2v) is 20.0. The molecule has 4 saturated heterocycles. The van der Waals surface area contributed by atoms with E-state index in [9.17, 15) is 63.0 Å². The van der Waals surface area contributed by atoms with E-state index in [0.29, 0.717) is 83.8 Å². The number of likely N-dealkylation sites (tertiary alicyclic amines) is 4. The maximum Gasteiger partial charge on any atom is 0.245 e. The van der Waals surface area contributed by atoms with Crippen molar-refractivity contribution in [2.75, 3.05) is 39.3 Å². The molecule has 4 aliphatic heterocycles. The molecule has 23 nitrogen and oxygen atoms in total. The maximum atomic E-state index is 13.8. The molecule has 0 radical (unpaired) electrons. The molecule has 23 heteroatoms. The van der Waals surface area contributed by atoms with Crippen LogP contribution < -0.4 is 27.4 Å². The number of hydrogen-bond acceptors (Lipinski definition) is 14. The van der Waals surface area contributed by atoms with Crippen molar-refractivity contribution < 1.29 is 63.0 Å². The summed E-state index contributed by atoms with van der Waals surface area (Å²) in [5.74, 6) is -7.63. The van der Waals surface area contributed by atoms with Crippen molar-refractivity contribution in [1.82, 2.24) is 35.6 Å². The van der Waals surface area contributed by atoms with E-state index in [2.05, 4.69) is 20.9 Å². The molecule has 72 heavy (non-hydrogen) atoms. The minimum atomic E-state index is -1.51. The second-order valence-electron chi connectivity index (χ2n) is 20.0. The Bertz CT molecular complexity index is 2060. The van der Waals surface area contributed by atoms with Crippen LogP contribution in [0.25, 0.3) is 0 Å². The molecule has 0 saturated carbocycles. The summed E-state index contributed by atoms with van der Waals surface area (Å²) in [6.45, 7) is 9.72. The van der Waals surface area contributed by atoms with Crippen molar-refractivity contribution in [3.63, 3.8) is 0 Å². The van der Waals surface area contributed by atoms with Crippen molar-refractivity contribution in [3.05, 3.63) is 0 Å². The molecule has 9 N–H and O–H groups in total. The lowest BCUT2D eigenvalue weighted by Crippen LogP contribution is -2.55. The third kappa shape index (κ3) is 15.6. The summed E-state index contributed by atoms with van der Waals surface area (Å²) in [7, 11) is 0. The Balaban J connectivity index is 1.25. The first-order valence-electron chi connectivity index (χ1n) is 25.5. The summed E-state index contributed by atoms with van der Waals surface area (Å²) in [6, 6.07) is -6.93. The van der Waals surface area contributed by atoms with Crippen LogP contribution in [-0.2, 0) is 52.7 Å². The highest BCUT2D eigenvalue weighted by molar-refractivity contribution is 5.99. The zero-order valence-corrected chi connectivity index (χ0v) is 42.8. The molecule has 0 bridgehead atoms. The molecule has 0 aliphatic carbocycles. The van der Waals surface area contributed by atoms with Crippen LogP contribution in [0.5, 0.6) is 0 Å². The number of aliphatic hydroxyl groups is 2. The number of carbonyl (C=O) groups is 11. The highest BCUT2D eigenvalue weighted by Crippen LogP contribution is 2.28. The van der Waals surface area contributed by atoms with E-state index in [1.165, 1.54) is 47.3 Å². The summed E-state index contributed by atoms with van der Waals surface area (Å²) < 4.78 is 0. The van der Waals surface area contributed by atoms with E-state index < -0.39 is 121 Å². The van der Waals surface area contributed by atoms with Gasteiger partial charge >= 0.3 is 0 Å². The van der Waals surface area contributed by atoms with E-state index >= 15 is 0 Å². The van der Waals surface area contributed by atoms with Gasteiger partial charge in [-0.2, -0.15) is 0 Å². The number of nitrogens with one attached hydrogen (secondary N) is 3. The Kier molecular flexibility index (Phi) is 22.3. The number of guanidine groups is 1. The lowest BCUT2D eigenvalue weighted by Gasteiger charge is -2.32. The largest absolute Gasteiger partial charge is 0.394 e. The van der Waals surface area contributed by atoms with Crippen LogP contribution in [0.3, 0.4) is 0 Å². The zero-order chi connectivity index (χ0) is 53.6. The quantitative estimate of drug-likeness (QED) is 0.0298. The van der Waals surface area contributed by atoms with Gasteiger partial charge in [-0.3, -0.25) is 57.7 Å². The third-order valence-electron chi connectivity index (χ3n) is 14.5. The van der Waals surface area contributed by atoms with Gasteiger partial charge in [0.1, 0.15) is 36.0 Å². The predicted octanol–water partition coefficient (Wildman–Crippen LogP) is -1.38. The smallest absolute Gasteiger partial charge is 0.245 e. The minimum Gasteiger partial charge on any atom is -0.394 e. The Morgan fingerprint density at radius 1 is 0.625 bits per heavy atom. The van der Waals surface area contributed by atoms with Gasteiger partial charge in [0.2, 0.25) is 41.4 Å². The molecule has 7 amide bonds. The number of hydrogen-bond donors (Lipinski definition) is 7. The fourth-order valence-electron chi connectivity index (χ4n) is 10.1. The lowest BCUT2D eigenvalue weighted by molar-refractivity contribution is -0.148. The number of amides is 7. The molecule has 0 spiro atoms. The third-order valence-corrected chi connectivity index (χ3v) is 14.5. The molecule has 4 rings (SSSR count). The fourth-order valence-corrected chi connectivity index (χ4v) is 10.1. The van der Waals surface area contributed by atoms with Crippen LogP contribution in [0.4, 0.5) is 0 Å². The minimum absolute atomic E-state index is 0.00844. The zero-order valence-electron chi connectivity index (χ0n) is 42.8. The summed E-state index contributed by atoms with van der Waals surface area (Å²) in [5, 5.41) is 28.3. The molecule has 4 heterocycles. The number of aliphatic hydroxyl groups excluding tert-OH is 2. The molecule has 4 fully saturated rings. The number of rotatable bonds is 26. The van der Waals surface area contributed by atoms with Crippen LogP contribution >= 0.6 is 0 Å². The molecule has 0 aromatic heterocycles. The monoisotopic (exact) mass is 1010 g/mol. The molecule has 1 unspecified atom stereocenters. The van der Waals surface area contributed by atoms with E-state index in [0.717, 1.165) is 0 Å². The number of nitrogens with two attached hydrogens (primary N) is 2. The van der Waals surface area contributed by atoms with Crippen LogP contribution in [0.2, 0.25) is 0 Å².